The average Bonchev–Trinajstić information content (AvgIpc) is 2.74. The van der Waals surface area contributed by atoms with E-state index in [1.54, 1.807) is 17.3 Å². The van der Waals surface area contributed by atoms with E-state index in [9.17, 15) is 4.79 Å². The molecule has 1 fully saturated rings. The lowest BCUT2D eigenvalue weighted by atomic mass is 10.1. The molecule has 1 N–H and O–H groups in total. The summed E-state index contributed by atoms with van der Waals surface area (Å²) in [7, 11) is 1.41. The van der Waals surface area contributed by atoms with Crippen LogP contribution in [0.3, 0.4) is 0 Å². The maximum Gasteiger partial charge on any atom is 0.409 e. The Morgan fingerprint density at radius 1 is 1.22 bits per heavy atom. The van der Waals surface area contributed by atoms with Crippen molar-refractivity contribution in [2.45, 2.75) is 18.9 Å². The molecule has 7 heteroatoms. The third-order valence-corrected chi connectivity index (χ3v) is 4.72. The molecule has 1 atom stereocenters. The first-order valence-electron chi connectivity index (χ1n) is 9.01. The Hall–Kier alpha value is -3.22. The quantitative estimate of drug-likeness (QED) is 0.769. The van der Waals surface area contributed by atoms with Gasteiger partial charge in [0.25, 0.3) is 0 Å². The number of hydrogen-bond donors (Lipinski definition) is 1. The number of rotatable bonds is 3. The van der Waals surface area contributed by atoms with Crippen LogP contribution in [0.5, 0.6) is 0 Å². The van der Waals surface area contributed by atoms with Crippen LogP contribution in [-0.4, -0.2) is 52.2 Å². The lowest BCUT2D eigenvalue weighted by molar-refractivity contribution is 0.113. The van der Waals surface area contributed by atoms with E-state index in [0.29, 0.717) is 12.4 Å². The smallest absolute Gasteiger partial charge is 0.409 e. The fourth-order valence-electron chi connectivity index (χ4n) is 3.39. The first-order valence-corrected chi connectivity index (χ1v) is 9.01. The van der Waals surface area contributed by atoms with Crippen molar-refractivity contribution in [1.82, 2.24) is 19.9 Å². The highest BCUT2D eigenvalue weighted by atomic mass is 16.5. The Balaban J connectivity index is 1.67. The van der Waals surface area contributed by atoms with Gasteiger partial charge in [0.05, 0.1) is 12.6 Å². The summed E-state index contributed by atoms with van der Waals surface area (Å²) in [5.41, 5.74) is 1.74. The van der Waals surface area contributed by atoms with E-state index < -0.39 is 0 Å². The van der Waals surface area contributed by atoms with Crippen LogP contribution in [0.25, 0.3) is 22.3 Å². The summed E-state index contributed by atoms with van der Waals surface area (Å²) in [5.74, 6) is 1.40. The van der Waals surface area contributed by atoms with Crippen molar-refractivity contribution in [2.75, 3.05) is 25.5 Å². The van der Waals surface area contributed by atoms with E-state index in [2.05, 4.69) is 15.3 Å². The number of fused-ring (bicyclic) bond motifs is 1. The maximum absolute atomic E-state index is 11.9. The number of likely N-dealkylation sites (tertiary alicyclic amines) is 1. The van der Waals surface area contributed by atoms with Crippen LogP contribution in [0, 0.1) is 0 Å². The zero-order chi connectivity index (χ0) is 18.6. The van der Waals surface area contributed by atoms with Crippen molar-refractivity contribution >= 4 is 22.8 Å². The summed E-state index contributed by atoms with van der Waals surface area (Å²) in [6, 6.07) is 11.8. The summed E-state index contributed by atoms with van der Waals surface area (Å²) in [6.45, 7) is 1.31. The molecule has 0 aliphatic carbocycles. The lowest BCUT2D eigenvalue weighted by Crippen LogP contribution is -2.45. The third-order valence-electron chi connectivity index (χ3n) is 4.72. The summed E-state index contributed by atoms with van der Waals surface area (Å²) >= 11 is 0. The fraction of sp³-hybridized carbons (Fsp3) is 0.300. The zero-order valence-corrected chi connectivity index (χ0v) is 15.1. The lowest BCUT2D eigenvalue weighted by Gasteiger charge is -2.32. The SMILES string of the molecule is COC(=O)N1CCCC(Nc2nc(-c3cccnc3)nc3ccccc23)C1. The number of anilines is 1. The predicted octanol–water partition coefficient (Wildman–Crippen LogP) is 3.33. The summed E-state index contributed by atoms with van der Waals surface area (Å²) < 4.78 is 4.86. The number of nitrogens with one attached hydrogen (secondary N) is 1. The van der Waals surface area contributed by atoms with E-state index in [-0.39, 0.29) is 12.1 Å². The van der Waals surface area contributed by atoms with Gasteiger partial charge >= 0.3 is 6.09 Å². The molecule has 1 amide bonds. The van der Waals surface area contributed by atoms with Gasteiger partial charge in [-0.15, -0.1) is 0 Å². The van der Waals surface area contributed by atoms with Gasteiger partial charge in [0.1, 0.15) is 5.82 Å². The van der Waals surface area contributed by atoms with Crippen molar-refractivity contribution in [3.05, 3.63) is 48.8 Å². The second-order valence-electron chi connectivity index (χ2n) is 6.55. The molecular formula is C20H21N5O2. The van der Waals surface area contributed by atoms with E-state index in [4.69, 9.17) is 9.72 Å². The first kappa shape index (κ1) is 17.2. The molecule has 1 aliphatic rings. The number of para-hydroxylation sites is 1. The second kappa shape index (κ2) is 7.57. The Morgan fingerprint density at radius 3 is 2.93 bits per heavy atom. The van der Waals surface area contributed by atoms with Gasteiger partial charge in [-0.25, -0.2) is 14.8 Å². The maximum atomic E-state index is 11.9. The Morgan fingerprint density at radius 2 is 2.11 bits per heavy atom. The zero-order valence-electron chi connectivity index (χ0n) is 15.1. The highest BCUT2D eigenvalue weighted by Gasteiger charge is 2.25. The summed E-state index contributed by atoms with van der Waals surface area (Å²) in [5, 5.41) is 4.48. The highest BCUT2D eigenvalue weighted by Crippen LogP contribution is 2.26. The van der Waals surface area contributed by atoms with Gasteiger partial charge < -0.3 is 15.0 Å². The molecule has 3 aromatic rings. The number of nitrogens with zero attached hydrogens (tertiary/aromatic N) is 4. The van der Waals surface area contributed by atoms with Crippen molar-refractivity contribution < 1.29 is 9.53 Å². The van der Waals surface area contributed by atoms with Crippen LogP contribution in [0.4, 0.5) is 10.6 Å². The molecule has 1 aliphatic heterocycles. The van der Waals surface area contributed by atoms with E-state index in [1.165, 1.54) is 7.11 Å². The average molecular weight is 363 g/mol. The van der Waals surface area contributed by atoms with Crippen molar-refractivity contribution in [2.24, 2.45) is 0 Å². The van der Waals surface area contributed by atoms with Crippen LogP contribution >= 0.6 is 0 Å². The number of benzene rings is 1. The Labute approximate surface area is 157 Å². The molecular weight excluding hydrogens is 342 g/mol. The molecule has 3 heterocycles. The molecule has 1 unspecified atom stereocenters. The number of carbonyl (C=O) groups is 1. The van der Waals surface area contributed by atoms with Crippen molar-refractivity contribution in [3.8, 4) is 11.4 Å². The molecule has 2 aromatic heterocycles. The number of aromatic nitrogens is 3. The van der Waals surface area contributed by atoms with Gasteiger partial charge in [0, 0.05) is 42.5 Å². The second-order valence-corrected chi connectivity index (χ2v) is 6.55. The molecule has 1 aromatic carbocycles. The normalized spacial score (nSPS) is 16.9. The Kier molecular flexibility index (Phi) is 4.82. The van der Waals surface area contributed by atoms with Crippen LogP contribution in [0.2, 0.25) is 0 Å². The highest BCUT2D eigenvalue weighted by molar-refractivity contribution is 5.90. The first-order chi connectivity index (χ1) is 13.2. The van der Waals surface area contributed by atoms with Gasteiger partial charge in [-0.1, -0.05) is 12.1 Å². The van der Waals surface area contributed by atoms with Crippen LogP contribution in [0.1, 0.15) is 12.8 Å². The topological polar surface area (TPSA) is 80.2 Å². The van der Waals surface area contributed by atoms with Crippen molar-refractivity contribution in [1.29, 1.82) is 0 Å². The van der Waals surface area contributed by atoms with Gasteiger partial charge in [-0.3, -0.25) is 4.98 Å². The van der Waals surface area contributed by atoms with E-state index in [0.717, 1.165) is 41.7 Å². The minimum absolute atomic E-state index is 0.109. The van der Waals surface area contributed by atoms with Gasteiger partial charge in [-0.2, -0.15) is 0 Å². The fourth-order valence-corrected chi connectivity index (χ4v) is 3.39. The number of carbonyl (C=O) groups excluding carboxylic acids is 1. The number of hydrogen-bond acceptors (Lipinski definition) is 6. The van der Waals surface area contributed by atoms with Crippen molar-refractivity contribution in [3.63, 3.8) is 0 Å². The van der Waals surface area contributed by atoms with Gasteiger partial charge in [0.15, 0.2) is 5.82 Å². The molecule has 4 rings (SSSR count). The molecule has 138 valence electrons. The molecule has 0 bridgehead atoms. The van der Waals surface area contributed by atoms with Crippen LogP contribution in [-0.2, 0) is 4.74 Å². The summed E-state index contributed by atoms with van der Waals surface area (Å²) in [6.07, 6.45) is 5.09. The van der Waals surface area contributed by atoms with Gasteiger partial charge in [0.2, 0.25) is 0 Å². The minimum Gasteiger partial charge on any atom is -0.453 e. The molecule has 7 nitrogen and oxygen atoms in total. The number of piperidine rings is 1. The number of amides is 1. The number of methoxy groups -OCH3 is 1. The van der Waals surface area contributed by atoms with Crippen LogP contribution < -0.4 is 5.32 Å². The number of pyridine rings is 1. The molecule has 27 heavy (non-hydrogen) atoms. The summed E-state index contributed by atoms with van der Waals surface area (Å²) in [4.78, 5) is 27.2. The van der Waals surface area contributed by atoms with Gasteiger partial charge in [-0.05, 0) is 37.1 Å². The van der Waals surface area contributed by atoms with Crippen LogP contribution in [0.15, 0.2) is 48.8 Å². The Bertz CT molecular complexity index is 948. The molecule has 1 saturated heterocycles. The molecule has 0 saturated carbocycles. The standard InChI is InChI=1S/C20H21N5O2/c1-27-20(26)25-11-5-7-15(13-25)22-19-16-8-2-3-9-17(16)23-18(24-19)14-6-4-10-21-12-14/h2-4,6,8-10,12,15H,5,7,11,13H2,1H3,(H,22,23,24). The van der Waals surface area contributed by atoms with E-state index >= 15 is 0 Å². The minimum atomic E-state index is -0.287. The largest absolute Gasteiger partial charge is 0.453 e. The van der Waals surface area contributed by atoms with E-state index in [1.807, 2.05) is 36.4 Å². The molecule has 0 radical (unpaired) electrons. The predicted molar refractivity (Wildman–Crippen MR) is 103 cm³/mol. The molecule has 0 spiro atoms. The third kappa shape index (κ3) is 3.67. The number of ether oxygens (including phenoxy) is 1. The monoisotopic (exact) mass is 363 g/mol.